The predicted molar refractivity (Wildman–Crippen MR) is 72.5 cm³/mol. The minimum Gasteiger partial charge on any atom is -0.323 e. The molecule has 1 heterocycles. The SMILES string of the molecule is CN(C)NC(=O)CCCN1C(=O)NC2(CCCC2)C1=O. The van der Waals surface area contributed by atoms with Crippen molar-refractivity contribution in [3.63, 3.8) is 0 Å². The van der Waals surface area contributed by atoms with Gasteiger partial charge in [-0.2, -0.15) is 0 Å². The van der Waals surface area contributed by atoms with Gasteiger partial charge in [-0.15, -0.1) is 0 Å². The van der Waals surface area contributed by atoms with Gasteiger partial charge in [0, 0.05) is 27.1 Å². The molecule has 0 unspecified atom stereocenters. The summed E-state index contributed by atoms with van der Waals surface area (Å²) in [5.41, 5.74) is 1.98. The fraction of sp³-hybridized carbons (Fsp3) is 0.769. The Balaban J connectivity index is 1.83. The fourth-order valence-corrected chi connectivity index (χ4v) is 2.90. The topological polar surface area (TPSA) is 81.8 Å². The van der Waals surface area contributed by atoms with E-state index in [1.165, 1.54) is 4.90 Å². The van der Waals surface area contributed by atoms with Crippen LogP contribution in [0.5, 0.6) is 0 Å². The Hall–Kier alpha value is -1.63. The summed E-state index contributed by atoms with van der Waals surface area (Å²) in [7, 11) is 3.47. The molecular formula is C13H22N4O3. The third-order valence-electron chi connectivity index (χ3n) is 3.84. The van der Waals surface area contributed by atoms with E-state index in [0.29, 0.717) is 19.4 Å². The molecule has 1 saturated carbocycles. The minimum atomic E-state index is -0.650. The summed E-state index contributed by atoms with van der Waals surface area (Å²) < 4.78 is 0. The van der Waals surface area contributed by atoms with E-state index in [0.717, 1.165) is 25.7 Å². The Bertz CT molecular complexity index is 416. The van der Waals surface area contributed by atoms with Gasteiger partial charge in [-0.1, -0.05) is 12.8 Å². The first-order valence-corrected chi connectivity index (χ1v) is 7.05. The molecule has 0 atom stereocenters. The van der Waals surface area contributed by atoms with Crippen molar-refractivity contribution >= 4 is 17.8 Å². The van der Waals surface area contributed by atoms with Crippen LogP contribution in [0, 0.1) is 0 Å². The van der Waals surface area contributed by atoms with Gasteiger partial charge in [0.25, 0.3) is 5.91 Å². The van der Waals surface area contributed by atoms with Gasteiger partial charge in [0.15, 0.2) is 0 Å². The third kappa shape index (κ3) is 2.92. The summed E-state index contributed by atoms with van der Waals surface area (Å²) in [6.45, 7) is 0.299. The van der Waals surface area contributed by atoms with E-state index in [1.54, 1.807) is 19.1 Å². The highest BCUT2D eigenvalue weighted by atomic mass is 16.2. The van der Waals surface area contributed by atoms with Gasteiger partial charge in [0.05, 0.1) is 0 Å². The van der Waals surface area contributed by atoms with Crippen LogP contribution >= 0.6 is 0 Å². The van der Waals surface area contributed by atoms with Crippen molar-refractivity contribution < 1.29 is 14.4 Å². The molecule has 20 heavy (non-hydrogen) atoms. The van der Waals surface area contributed by atoms with Gasteiger partial charge in [-0.3, -0.25) is 19.9 Å². The van der Waals surface area contributed by atoms with Gasteiger partial charge in [-0.05, 0) is 19.3 Å². The van der Waals surface area contributed by atoms with Crippen LogP contribution in [0.3, 0.4) is 0 Å². The van der Waals surface area contributed by atoms with Crippen molar-refractivity contribution in [3.05, 3.63) is 0 Å². The predicted octanol–water partition coefficient (Wildman–Crippen LogP) is 0.224. The maximum atomic E-state index is 12.3. The van der Waals surface area contributed by atoms with Crippen molar-refractivity contribution in [2.45, 2.75) is 44.1 Å². The molecule has 2 N–H and O–H groups in total. The maximum absolute atomic E-state index is 12.3. The lowest BCUT2D eigenvalue weighted by Gasteiger charge is -2.20. The van der Waals surface area contributed by atoms with E-state index >= 15 is 0 Å². The van der Waals surface area contributed by atoms with Gasteiger partial charge in [-0.25, -0.2) is 9.80 Å². The van der Waals surface area contributed by atoms with Crippen LogP contribution in [-0.4, -0.2) is 53.9 Å². The molecule has 1 saturated heterocycles. The molecule has 7 nitrogen and oxygen atoms in total. The Kier molecular flexibility index (Phi) is 4.27. The molecule has 2 aliphatic rings. The number of urea groups is 1. The van der Waals surface area contributed by atoms with E-state index in [9.17, 15) is 14.4 Å². The second-order valence-corrected chi connectivity index (χ2v) is 5.71. The van der Waals surface area contributed by atoms with Crippen LogP contribution in [-0.2, 0) is 9.59 Å². The molecule has 2 rings (SSSR count). The molecule has 4 amide bonds. The molecule has 0 radical (unpaired) electrons. The lowest BCUT2D eigenvalue weighted by atomic mass is 9.98. The van der Waals surface area contributed by atoms with Gasteiger partial charge in [0.2, 0.25) is 5.91 Å². The van der Waals surface area contributed by atoms with E-state index in [4.69, 9.17) is 0 Å². The smallest absolute Gasteiger partial charge is 0.323 e. The molecular weight excluding hydrogens is 260 g/mol. The minimum absolute atomic E-state index is 0.113. The fourth-order valence-electron chi connectivity index (χ4n) is 2.90. The van der Waals surface area contributed by atoms with Crippen molar-refractivity contribution in [2.75, 3.05) is 20.6 Å². The highest BCUT2D eigenvalue weighted by molar-refractivity contribution is 6.07. The Labute approximate surface area is 118 Å². The van der Waals surface area contributed by atoms with Crippen LogP contribution in [0.2, 0.25) is 0 Å². The molecule has 1 spiro atoms. The van der Waals surface area contributed by atoms with Crippen molar-refractivity contribution in [2.24, 2.45) is 0 Å². The highest BCUT2D eigenvalue weighted by Gasteiger charge is 2.51. The number of hydrogen-bond acceptors (Lipinski definition) is 4. The van der Waals surface area contributed by atoms with Gasteiger partial charge >= 0.3 is 6.03 Å². The summed E-state index contributed by atoms with van der Waals surface area (Å²) in [4.78, 5) is 37.0. The number of rotatable bonds is 5. The van der Waals surface area contributed by atoms with E-state index in [1.807, 2.05) is 0 Å². The van der Waals surface area contributed by atoms with Crippen LogP contribution < -0.4 is 10.7 Å². The first kappa shape index (κ1) is 14.8. The Morgan fingerprint density at radius 3 is 2.60 bits per heavy atom. The van der Waals surface area contributed by atoms with Crippen LogP contribution in [0.15, 0.2) is 0 Å². The molecule has 1 aliphatic carbocycles. The second-order valence-electron chi connectivity index (χ2n) is 5.71. The lowest BCUT2D eigenvalue weighted by Crippen LogP contribution is -2.44. The zero-order valence-electron chi connectivity index (χ0n) is 12.1. The van der Waals surface area contributed by atoms with Crippen molar-refractivity contribution in [1.29, 1.82) is 0 Å². The second kappa shape index (κ2) is 5.78. The number of carbonyl (C=O) groups excluding carboxylic acids is 3. The van der Waals surface area contributed by atoms with Crippen LogP contribution in [0.25, 0.3) is 0 Å². The van der Waals surface area contributed by atoms with Crippen molar-refractivity contribution in [3.8, 4) is 0 Å². The summed E-state index contributed by atoms with van der Waals surface area (Å²) in [6, 6.07) is -0.315. The molecule has 7 heteroatoms. The Morgan fingerprint density at radius 1 is 1.35 bits per heavy atom. The zero-order valence-corrected chi connectivity index (χ0v) is 12.1. The number of imide groups is 1. The standard InChI is InChI=1S/C13H22N4O3/c1-16(2)15-10(18)6-5-9-17-11(19)13(14-12(17)20)7-3-4-8-13/h3-9H2,1-2H3,(H,14,20)(H,15,18). The average molecular weight is 282 g/mol. The summed E-state index contributed by atoms with van der Waals surface area (Å²) in [5.74, 6) is -0.231. The molecule has 0 bridgehead atoms. The molecule has 2 fully saturated rings. The van der Waals surface area contributed by atoms with Crippen LogP contribution in [0.1, 0.15) is 38.5 Å². The number of hydrazine groups is 1. The third-order valence-corrected chi connectivity index (χ3v) is 3.84. The molecule has 112 valence electrons. The quantitative estimate of drug-likeness (QED) is 0.558. The largest absolute Gasteiger partial charge is 0.325 e. The van der Waals surface area contributed by atoms with E-state index < -0.39 is 5.54 Å². The van der Waals surface area contributed by atoms with E-state index in [-0.39, 0.29) is 17.8 Å². The summed E-state index contributed by atoms with van der Waals surface area (Å²) in [6.07, 6.45) is 4.19. The summed E-state index contributed by atoms with van der Waals surface area (Å²) in [5, 5.41) is 4.40. The molecule has 0 aromatic carbocycles. The highest BCUT2D eigenvalue weighted by Crippen LogP contribution is 2.35. The van der Waals surface area contributed by atoms with Gasteiger partial charge in [0.1, 0.15) is 5.54 Å². The van der Waals surface area contributed by atoms with Crippen molar-refractivity contribution in [1.82, 2.24) is 20.7 Å². The first-order chi connectivity index (χ1) is 9.44. The first-order valence-electron chi connectivity index (χ1n) is 7.05. The number of hydrogen-bond donors (Lipinski definition) is 2. The summed E-state index contributed by atoms with van der Waals surface area (Å²) >= 11 is 0. The average Bonchev–Trinajstić information content (AvgIpc) is 2.90. The molecule has 1 aliphatic heterocycles. The monoisotopic (exact) mass is 282 g/mol. The Morgan fingerprint density at radius 2 is 2.00 bits per heavy atom. The number of nitrogens with one attached hydrogen (secondary N) is 2. The maximum Gasteiger partial charge on any atom is 0.325 e. The zero-order chi connectivity index (χ0) is 14.8. The van der Waals surface area contributed by atoms with Gasteiger partial charge < -0.3 is 5.32 Å². The van der Waals surface area contributed by atoms with E-state index in [2.05, 4.69) is 10.7 Å². The molecule has 0 aromatic rings. The lowest BCUT2D eigenvalue weighted by molar-refractivity contribution is -0.131. The number of amides is 4. The normalized spacial score (nSPS) is 20.9. The number of carbonyl (C=O) groups is 3. The van der Waals surface area contributed by atoms with Crippen LogP contribution in [0.4, 0.5) is 4.79 Å². The number of nitrogens with zero attached hydrogens (tertiary/aromatic N) is 2. The molecule has 0 aromatic heterocycles.